The lowest BCUT2D eigenvalue weighted by atomic mass is 9.92. The van der Waals surface area contributed by atoms with Crippen molar-refractivity contribution in [2.75, 3.05) is 65.6 Å². The van der Waals surface area contributed by atoms with E-state index in [0.29, 0.717) is 24.3 Å². The fraction of sp³-hybridized carbons (Fsp3) is 0.947. The van der Waals surface area contributed by atoms with Gasteiger partial charge in [0.15, 0.2) is 0 Å². The van der Waals surface area contributed by atoms with Crippen LogP contribution in [-0.4, -0.2) is 86.2 Å². The first-order valence-corrected chi connectivity index (χ1v) is 9.90. The summed E-state index contributed by atoms with van der Waals surface area (Å²) >= 11 is 0. The van der Waals surface area contributed by atoms with E-state index < -0.39 is 0 Å². The van der Waals surface area contributed by atoms with Crippen LogP contribution in [-0.2, 0) is 9.53 Å². The first-order valence-electron chi connectivity index (χ1n) is 9.90. The highest BCUT2D eigenvalue weighted by molar-refractivity contribution is 5.78. The second-order valence-electron chi connectivity index (χ2n) is 8.38. The number of likely N-dealkylation sites (tertiary alicyclic amines) is 2. The molecule has 0 aliphatic carbocycles. The largest absolute Gasteiger partial charge is 0.379 e. The van der Waals surface area contributed by atoms with E-state index in [2.05, 4.69) is 28.5 Å². The molecule has 0 N–H and O–H groups in total. The van der Waals surface area contributed by atoms with Crippen LogP contribution in [0.5, 0.6) is 0 Å². The van der Waals surface area contributed by atoms with Crippen LogP contribution in [0.3, 0.4) is 0 Å². The Kier molecular flexibility index (Phi) is 6.53. The summed E-state index contributed by atoms with van der Waals surface area (Å²) in [5.41, 5.74) is 0. The lowest BCUT2D eigenvalue weighted by Crippen LogP contribution is -2.49. The van der Waals surface area contributed by atoms with Crippen molar-refractivity contribution in [3.05, 3.63) is 0 Å². The summed E-state index contributed by atoms with van der Waals surface area (Å²) in [5, 5.41) is 0. The van der Waals surface area contributed by atoms with E-state index in [0.717, 1.165) is 58.4 Å². The standard InChI is InChI=1S/C19H35N3O2/c1-16-11-17(2)13-22(12-16)19(23)15-20-5-3-18(4-6-20)14-21-7-9-24-10-8-21/h16-18H,3-15H2,1-2H3. The van der Waals surface area contributed by atoms with Gasteiger partial charge in [-0.3, -0.25) is 14.6 Å². The van der Waals surface area contributed by atoms with Gasteiger partial charge in [0, 0.05) is 32.7 Å². The van der Waals surface area contributed by atoms with Crippen LogP contribution < -0.4 is 0 Å². The summed E-state index contributed by atoms with van der Waals surface area (Å²) in [4.78, 5) is 19.7. The summed E-state index contributed by atoms with van der Waals surface area (Å²) in [6.07, 6.45) is 3.73. The Labute approximate surface area is 147 Å². The molecule has 24 heavy (non-hydrogen) atoms. The molecule has 3 aliphatic rings. The number of carbonyl (C=O) groups excluding carboxylic acids is 1. The Balaban J connectivity index is 1.37. The normalized spacial score (nSPS) is 31.3. The van der Waals surface area contributed by atoms with E-state index in [1.807, 2.05) is 0 Å². The minimum absolute atomic E-state index is 0.347. The fourth-order valence-corrected chi connectivity index (χ4v) is 4.63. The number of hydrogen-bond acceptors (Lipinski definition) is 4. The average molecular weight is 338 g/mol. The number of piperidine rings is 2. The lowest BCUT2D eigenvalue weighted by Gasteiger charge is -2.38. The van der Waals surface area contributed by atoms with E-state index >= 15 is 0 Å². The Morgan fingerprint density at radius 1 is 0.958 bits per heavy atom. The van der Waals surface area contributed by atoms with Gasteiger partial charge in [-0.15, -0.1) is 0 Å². The summed E-state index contributed by atoms with van der Waals surface area (Å²) in [6.45, 7) is 14.4. The number of carbonyl (C=O) groups is 1. The number of morpholine rings is 1. The molecule has 0 saturated carbocycles. The van der Waals surface area contributed by atoms with Crippen LogP contribution in [0, 0.1) is 17.8 Å². The zero-order chi connectivity index (χ0) is 16.9. The average Bonchev–Trinajstić information content (AvgIpc) is 2.57. The van der Waals surface area contributed by atoms with Gasteiger partial charge in [0.05, 0.1) is 19.8 Å². The molecule has 0 aromatic heterocycles. The molecule has 1 amide bonds. The molecule has 0 bridgehead atoms. The quantitative estimate of drug-likeness (QED) is 0.780. The van der Waals surface area contributed by atoms with Crippen LogP contribution in [0.25, 0.3) is 0 Å². The number of hydrogen-bond donors (Lipinski definition) is 0. The third kappa shape index (κ3) is 5.17. The molecule has 5 heteroatoms. The van der Waals surface area contributed by atoms with Crippen LogP contribution in [0.2, 0.25) is 0 Å². The monoisotopic (exact) mass is 337 g/mol. The van der Waals surface area contributed by atoms with Crippen LogP contribution in [0.1, 0.15) is 33.1 Å². The highest BCUT2D eigenvalue weighted by Gasteiger charge is 2.28. The molecule has 3 aliphatic heterocycles. The summed E-state index contributed by atoms with van der Waals surface area (Å²) in [5.74, 6) is 2.44. The van der Waals surface area contributed by atoms with E-state index in [1.54, 1.807) is 0 Å². The number of rotatable bonds is 4. The van der Waals surface area contributed by atoms with Gasteiger partial charge >= 0.3 is 0 Å². The van der Waals surface area contributed by atoms with Gasteiger partial charge in [0.25, 0.3) is 0 Å². The van der Waals surface area contributed by atoms with Gasteiger partial charge in [-0.25, -0.2) is 0 Å². The van der Waals surface area contributed by atoms with Crippen molar-refractivity contribution in [1.29, 1.82) is 0 Å². The van der Waals surface area contributed by atoms with E-state index in [9.17, 15) is 4.79 Å². The molecule has 3 rings (SSSR count). The van der Waals surface area contributed by atoms with Crippen LogP contribution >= 0.6 is 0 Å². The lowest BCUT2D eigenvalue weighted by molar-refractivity contribution is -0.135. The van der Waals surface area contributed by atoms with Gasteiger partial charge in [-0.05, 0) is 50.1 Å². The molecule has 0 aromatic rings. The van der Waals surface area contributed by atoms with Crippen molar-refractivity contribution in [1.82, 2.24) is 14.7 Å². The topological polar surface area (TPSA) is 36.0 Å². The van der Waals surface area contributed by atoms with E-state index in [4.69, 9.17) is 4.74 Å². The van der Waals surface area contributed by atoms with Gasteiger partial charge in [0.1, 0.15) is 0 Å². The highest BCUT2D eigenvalue weighted by atomic mass is 16.5. The predicted molar refractivity (Wildman–Crippen MR) is 95.9 cm³/mol. The Hall–Kier alpha value is -0.650. The molecule has 3 fully saturated rings. The second-order valence-corrected chi connectivity index (χ2v) is 8.38. The molecule has 3 saturated heterocycles. The van der Waals surface area contributed by atoms with Gasteiger partial charge in [-0.2, -0.15) is 0 Å². The number of ether oxygens (including phenoxy) is 1. The molecule has 138 valence electrons. The SMILES string of the molecule is CC1CC(C)CN(C(=O)CN2CCC(CN3CCOCC3)CC2)C1. The zero-order valence-electron chi connectivity index (χ0n) is 15.6. The molecule has 0 aromatic carbocycles. The van der Waals surface area contributed by atoms with Crippen LogP contribution in [0.4, 0.5) is 0 Å². The molecular formula is C19H35N3O2. The highest BCUT2D eigenvalue weighted by Crippen LogP contribution is 2.22. The van der Waals surface area contributed by atoms with Crippen molar-refractivity contribution in [3.63, 3.8) is 0 Å². The zero-order valence-corrected chi connectivity index (χ0v) is 15.6. The van der Waals surface area contributed by atoms with Crippen molar-refractivity contribution in [2.24, 2.45) is 17.8 Å². The fourth-order valence-electron chi connectivity index (χ4n) is 4.63. The predicted octanol–water partition coefficient (Wildman–Crippen LogP) is 1.54. The van der Waals surface area contributed by atoms with E-state index in [-0.39, 0.29) is 0 Å². The smallest absolute Gasteiger partial charge is 0.236 e. The van der Waals surface area contributed by atoms with Crippen molar-refractivity contribution >= 4 is 5.91 Å². The van der Waals surface area contributed by atoms with Crippen molar-refractivity contribution in [2.45, 2.75) is 33.1 Å². The maximum absolute atomic E-state index is 12.6. The summed E-state index contributed by atoms with van der Waals surface area (Å²) in [6, 6.07) is 0. The molecule has 2 atom stereocenters. The summed E-state index contributed by atoms with van der Waals surface area (Å²) < 4.78 is 5.43. The molecule has 0 spiro atoms. The molecule has 3 heterocycles. The molecular weight excluding hydrogens is 302 g/mol. The summed E-state index contributed by atoms with van der Waals surface area (Å²) in [7, 11) is 0. The third-order valence-corrected chi connectivity index (χ3v) is 5.91. The number of nitrogens with zero attached hydrogens (tertiary/aromatic N) is 3. The van der Waals surface area contributed by atoms with Gasteiger partial charge in [-0.1, -0.05) is 13.8 Å². The Morgan fingerprint density at radius 3 is 2.21 bits per heavy atom. The first kappa shape index (κ1) is 18.2. The Bertz CT molecular complexity index is 393. The van der Waals surface area contributed by atoms with Crippen molar-refractivity contribution < 1.29 is 9.53 Å². The Morgan fingerprint density at radius 2 is 1.58 bits per heavy atom. The van der Waals surface area contributed by atoms with Crippen molar-refractivity contribution in [3.8, 4) is 0 Å². The molecule has 0 radical (unpaired) electrons. The van der Waals surface area contributed by atoms with Gasteiger partial charge < -0.3 is 9.64 Å². The second kappa shape index (κ2) is 8.63. The first-order chi connectivity index (χ1) is 11.6. The number of amides is 1. The molecule has 2 unspecified atom stereocenters. The van der Waals surface area contributed by atoms with Gasteiger partial charge in [0.2, 0.25) is 5.91 Å². The van der Waals surface area contributed by atoms with Crippen LogP contribution in [0.15, 0.2) is 0 Å². The minimum atomic E-state index is 0.347. The maximum Gasteiger partial charge on any atom is 0.236 e. The third-order valence-electron chi connectivity index (χ3n) is 5.91. The maximum atomic E-state index is 12.6. The molecule has 5 nitrogen and oxygen atoms in total. The van der Waals surface area contributed by atoms with E-state index in [1.165, 1.54) is 25.8 Å². The minimum Gasteiger partial charge on any atom is -0.379 e.